The number of hydrogen-bond donors (Lipinski definition) is 1. The van der Waals surface area contributed by atoms with Crippen LogP contribution in [0.5, 0.6) is 11.5 Å². The Kier molecular flexibility index (Phi) is 27.4. The lowest BCUT2D eigenvalue weighted by Crippen LogP contribution is -2.30. The summed E-state index contributed by atoms with van der Waals surface area (Å²) in [6, 6.07) is 12.2. The van der Waals surface area contributed by atoms with Gasteiger partial charge in [-0.3, -0.25) is 15.0 Å². The van der Waals surface area contributed by atoms with Crippen molar-refractivity contribution >= 4 is 74.7 Å². The predicted molar refractivity (Wildman–Crippen MR) is 273 cm³/mol. The fourth-order valence-electron chi connectivity index (χ4n) is 6.17. The van der Waals surface area contributed by atoms with Gasteiger partial charge in [0.25, 0.3) is 0 Å². The second-order valence-corrected chi connectivity index (χ2v) is 16.7. The standard InChI is InChI=1S/C53H61N3O18S/c1-5-46(57)66-27-13-11-25-64-33-41(72-50(61)23-29-68-48(59)7-3)35-70-39-19-17-37(18-20-39)52(63)74-44-22-21-40(31-38(44)32-54-56-53-55-43-15-9-10-16-45(43)75-53)71-36-42(73-51(62)24-30-69-49(60)8-4)34-65-26-12-14-28-67-47(58)6-2/h5-10,15-17,19,21-22,31-32,41-42H,1-4,11-14,18,20,23-30,33-36H2,(H,55,56)/b54-32+. The summed E-state index contributed by atoms with van der Waals surface area (Å²) in [6.07, 6.45) is 9.23. The molecule has 0 saturated heterocycles. The lowest BCUT2D eigenvalue weighted by atomic mass is 10.0. The average molecular weight is 1060 g/mol. The second-order valence-electron chi connectivity index (χ2n) is 15.7. The largest absolute Gasteiger partial charge is 0.494 e. The number of rotatable bonds is 37. The molecule has 0 aliphatic heterocycles. The van der Waals surface area contributed by atoms with E-state index in [0.717, 1.165) is 34.5 Å². The van der Waals surface area contributed by atoms with Gasteiger partial charge < -0.3 is 52.1 Å². The Labute approximate surface area is 437 Å². The van der Waals surface area contributed by atoms with Gasteiger partial charge in [-0.2, -0.15) is 5.10 Å². The monoisotopic (exact) mass is 1060 g/mol. The maximum absolute atomic E-state index is 13.7. The number of allylic oxidation sites excluding steroid dienone is 3. The van der Waals surface area contributed by atoms with E-state index in [0.29, 0.717) is 59.9 Å². The lowest BCUT2D eigenvalue weighted by Gasteiger charge is -2.21. The molecule has 2 atom stereocenters. The number of ether oxygens (including phenoxy) is 11. The van der Waals surface area contributed by atoms with Gasteiger partial charge in [0, 0.05) is 55.1 Å². The van der Waals surface area contributed by atoms with Crippen molar-refractivity contribution in [3.05, 3.63) is 122 Å². The maximum Gasteiger partial charge on any atom is 0.339 e. The zero-order valence-corrected chi connectivity index (χ0v) is 42.3. The average Bonchev–Trinajstić information content (AvgIpc) is 3.84. The van der Waals surface area contributed by atoms with Crippen LogP contribution in [0.3, 0.4) is 0 Å². The quantitative estimate of drug-likeness (QED) is 0.0119. The molecule has 0 spiro atoms. The lowest BCUT2D eigenvalue weighted by molar-refractivity contribution is -0.158. The molecule has 402 valence electrons. The highest BCUT2D eigenvalue weighted by Crippen LogP contribution is 2.28. The molecule has 22 heteroatoms. The Morgan fingerprint density at radius 1 is 0.640 bits per heavy atom. The van der Waals surface area contributed by atoms with Crippen LogP contribution in [-0.4, -0.2) is 131 Å². The molecular formula is C53H61N3O18S. The van der Waals surface area contributed by atoms with E-state index in [2.05, 4.69) is 41.8 Å². The Morgan fingerprint density at radius 2 is 1.19 bits per heavy atom. The first-order chi connectivity index (χ1) is 36.4. The number of nitrogens with zero attached hydrogens (tertiary/aromatic N) is 2. The van der Waals surface area contributed by atoms with Gasteiger partial charge in [0.2, 0.25) is 5.13 Å². The number of unbranched alkanes of at least 4 members (excludes halogenated alkanes) is 2. The van der Waals surface area contributed by atoms with Crippen molar-refractivity contribution in [2.75, 3.05) is 71.5 Å². The van der Waals surface area contributed by atoms with Crippen LogP contribution in [-0.2, 0) is 76.2 Å². The van der Waals surface area contributed by atoms with E-state index in [1.807, 2.05) is 24.3 Å². The van der Waals surface area contributed by atoms with E-state index in [1.54, 1.807) is 24.3 Å². The van der Waals surface area contributed by atoms with Crippen molar-refractivity contribution in [1.82, 2.24) is 4.98 Å². The highest BCUT2D eigenvalue weighted by atomic mass is 32.1. The number of benzene rings is 2. The van der Waals surface area contributed by atoms with Crippen molar-refractivity contribution < 1.29 is 85.7 Å². The highest BCUT2D eigenvalue weighted by Gasteiger charge is 2.22. The van der Waals surface area contributed by atoms with Gasteiger partial charge in [0.05, 0.1) is 61.5 Å². The van der Waals surface area contributed by atoms with Crippen molar-refractivity contribution in [2.24, 2.45) is 5.10 Å². The summed E-state index contributed by atoms with van der Waals surface area (Å²) in [7, 11) is 0. The molecule has 4 rings (SSSR count). The summed E-state index contributed by atoms with van der Waals surface area (Å²) in [4.78, 5) is 89.0. The number of thiazole rings is 1. The molecule has 0 fully saturated rings. The van der Waals surface area contributed by atoms with E-state index in [9.17, 15) is 33.6 Å². The van der Waals surface area contributed by atoms with Crippen LogP contribution in [0, 0.1) is 0 Å². The minimum absolute atomic E-state index is 0.0187. The fourth-order valence-corrected chi connectivity index (χ4v) is 6.98. The summed E-state index contributed by atoms with van der Waals surface area (Å²) in [6.45, 7) is 13.5. The molecule has 75 heavy (non-hydrogen) atoms. The number of anilines is 1. The molecule has 1 heterocycles. The number of esters is 7. The molecule has 0 bridgehead atoms. The number of hydrogen-bond acceptors (Lipinski definition) is 22. The Balaban J connectivity index is 1.43. The van der Waals surface area contributed by atoms with Gasteiger partial charge >= 0.3 is 41.8 Å². The van der Waals surface area contributed by atoms with Crippen LogP contribution in [0.2, 0.25) is 0 Å². The Bertz CT molecular complexity index is 2500. The SMILES string of the molecule is C=CC(=O)OCCCCOCC(COC1=CC=C(C(=O)Oc2ccc(OCC(COCCCCOC(=O)C=C)OC(=O)CCOC(=O)C=C)cc2/C=N/Nc2nc3ccccc3s2)CC1)OC(=O)CCOC(=O)C=C. The van der Waals surface area contributed by atoms with E-state index in [4.69, 9.17) is 52.1 Å². The van der Waals surface area contributed by atoms with Crippen LogP contribution in [0.25, 0.3) is 10.2 Å². The Morgan fingerprint density at radius 3 is 1.73 bits per heavy atom. The zero-order chi connectivity index (χ0) is 54.0. The third kappa shape index (κ3) is 24.1. The smallest absolute Gasteiger partial charge is 0.339 e. The van der Waals surface area contributed by atoms with Crippen molar-refractivity contribution in [3.8, 4) is 11.5 Å². The molecule has 1 aromatic heterocycles. The molecule has 0 amide bonds. The Hall–Kier alpha value is -7.95. The molecule has 3 aromatic rings. The van der Waals surface area contributed by atoms with Crippen LogP contribution >= 0.6 is 11.3 Å². The number of carbonyl (C=O) groups is 7. The highest BCUT2D eigenvalue weighted by molar-refractivity contribution is 7.22. The summed E-state index contributed by atoms with van der Waals surface area (Å²) in [5.41, 5.74) is 4.36. The third-order valence-electron chi connectivity index (χ3n) is 9.93. The number of fused-ring (bicyclic) bond motifs is 1. The number of nitrogens with one attached hydrogen (secondary N) is 1. The zero-order valence-electron chi connectivity index (χ0n) is 41.4. The summed E-state index contributed by atoms with van der Waals surface area (Å²) in [5, 5.41) is 4.88. The predicted octanol–water partition coefficient (Wildman–Crippen LogP) is 6.76. The van der Waals surface area contributed by atoms with Crippen molar-refractivity contribution in [2.45, 2.75) is 63.6 Å². The summed E-state index contributed by atoms with van der Waals surface area (Å²) in [5.74, 6) is -3.45. The number of carbonyl (C=O) groups excluding carboxylic acids is 7. The number of para-hydroxylation sites is 1. The fraction of sp³-hybridized carbons (Fsp3) is 0.377. The molecule has 1 aliphatic rings. The molecule has 2 unspecified atom stereocenters. The van der Waals surface area contributed by atoms with Gasteiger partial charge in [-0.25, -0.2) is 29.0 Å². The first-order valence-corrected chi connectivity index (χ1v) is 24.6. The first kappa shape index (κ1) is 59.6. The van der Waals surface area contributed by atoms with E-state index in [-0.39, 0.29) is 91.1 Å². The summed E-state index contributed by atoms with van der Waals surface area (Å²) >= 11 is 1.39. The molecular weight excluding hydrogens is 999 g/mol. The molecule has 0 saturated carbocycles. The second kappa shape index (κ2) is 34.5. The van der Waals surface area contributed by atoms with Crippen LogP contribution in [0.4, 0.5) is 5.13 Å². The first-order valence-electron chi connectivity index (χ1n) is 23.8. The number of aromatic nitrogens is 1. The van der Waals surface area contributed by atoms with Gasteiger partial charge in [-0.15, -0.1) is 0 Å². The van der Waals surface area contributed by atoms with Crippen LogP contribution in [0.15, 0.2) is 122 Å². The third-order valence-corrected chi connectivity index (χ3v) is 10.9. The van der Waals surface area contributed by atoms with Gasteiger partial charge in [-0.1, -0.05) is 49.8 Å². The maximum atomic E-state index is 13.7. The van der Waals surface area contributed by atoms with Crippen LogP contribution in [0.1, 0.15) is 56.9 Å². The van der Waals surface area contributed by atoms with E-state index >= 15 is 0 Å². The summed E-state index contributed by atoms with van der Waals surface area (Å²) < 4.78 is 61.3. The van der Waals surface area contributed by atoms with Crippen molar-refractivity contribution in [1.29, 1.82) is 0 Å². The number of hydrazone groups is 1. The molecule has 1 aliphatic carbocycles. The normalized spacial score (nSPS) is 12.6. The minimum atomic E-state index is -0.908. The minimum Gasteiger partial charge on any atom is -0.494 e. The topological polar surface area (TPSA) is 258 Å². The van der Waals surface area contributed by atoms with Gasteiger partial charge in [-0.05, 0) is 74.6 Å². The van der Waals surface area contributed by atoms with Gasteiger partial charge in [0.15, 0.2) is 12.2 Å². The molecule has 0 radical (unpaired) electrons. The van der Waals surface area contributed by atoms with E-state index < -0.39 is 54.0 Å². The van der Waals surface area contributed by atoms with Crippen molar-refractivity contribution in [3.63, 3.8) is 0 Å². The van der Waals surface area contributed by atoms with E-state index in [1.165, 1.54) is 23.6 Å². The molecule has 1 N–H and O–H groups in total. The van der Waals surface area contributed by atoms with Crippen LogP contribution < -0.4 is 14.9 Å². The molecule has 21 nitrogen and oxygen atoms in total. The van der Waals surface area contributed by atoms with Gasteiger partial charge in [0.1, 0.15) is 37.9 Å². The molecule has 2 aromatic carbocycles.